The summed E-state index contributed by atoms with van der Waals surface area (Å²) in [5.74, 6) is -0.440. The van der Waals surface area contributed by atoms with Crippen molar-refractivity contribution in [2.75, 3.05) is 0 Å². The van der Waals surface area contributed by atoms with Gasteiger partial charge < -0.3 is 18.6 Å². The monoisotopic (exact) mass is 396 g/mol. The maximum atomic E-state index is 11.6. The zero-order chi connectivity index (χ0) is 21.1. The smallest absolute Gasteiger partial charge is 0.606 e. The fourth-order valence-electron chi connectivity index (χ4n) is 3.01. The number of rotatable bonds is 5. The summed E-state index contributed by atoms with van der Waals surface area (Å²) in [4.78, 5) is 23.1. The van der Waals surface area contributed by atoms with Gasteiger partial charge >= 0.3 is 6.96 Å². The molecule has 28 heavy (non-hydrogen) atoms. The predicted octanol–water partition coefficient (Wildman–Crippen LogP) is 1.98. The van der Waals surface area contributed by atoms with Crippen molar-refractivity contribution in [1.29, 1.82) is 0 Å². The van der Waals surface area contributed by atoms with Gasteiger partial charge in [0.05, 0.1) is 13.6 Å². The number of aryl methyl sites for hydroxylation is 1. The van der Waals surface area contributed by atoms with Crippen LogP contribution in [0.25, 0.3) is 0 Å². The summed E-state index contributed by atoms with van der Waals surface area (Å²) in [6.45, 7) is 10.2. The molecule has 2 aliphatic heterocycles. The van der Waals surface area contributed by atoms with Gasteiger partial charge in [0.2, 0.25) is 6.33 Å². The summed E-state index contributed by atoms with van der Waals surface area (Å²) >= 11 is 0. The molecule has 3 heterocycles. The van der Waals surface area contributed by atoms with Crippen molar-refractivity contribution in [3.8, 4) is 0 Å². The lowest BCUT2D eigenvalue weighted by Gasteiger charge is -2.27. The van der Waals surface area contributed by atoms with Gasteiger partial charge in [-0.2, -0.15) is 0 Å². The molecule has 0 N–H and O–H groups in total. The van der Waals surface area contributed by atoms with E-state index in [2.05, 4.69) is 41.7 Å². The number of hydrogen-bond acceptors (Lipinski definition) is 6. The largest absolute Gasteiger partial charge is 0.657 e. The first-order chi connectivity index (χ1) is 13.1. The minimum Gasteiger partial charge on any atom is -0.606 e. The summed E-state index contributed by atoms with van der Waals surface area (Å²) in [6, 6.07) is 0. The number of hydrogen-bond donors (Lipinski definition) is 0. The molecule has 0 bridgehead atoms. The Hall–Kier alpha value is -1.87. The molecule has 158 valence electrons. The Kier molecular flexibility index (Phi) is 7.28. The van der Waals surface area contributed by atoms with Gasteiger partial charge in [0.15, 0.2) is 0 Å². The second-order valence-corrected chi connectivity index (χ2v) is 8.34. The zero-order valence-corrected chi connectivity index (χ0v) is 18.0. The highest BCUT2D eigenvalue weighted by Gasteiger charge is 2.57. The van der Waals surface area contributed by atoms with E-state index in [0.717, 1.165) is 12.5 Å². The average Bonchev–Trinajstić information content (AvgIpc) is 3.25. The van der Waals surface area contributed by atoms with Crippen LogP contribution in [-0.2, 0) is 41.8 Å². The van der Waals surface area contributed by atoms with Crippen molar-refractivity contribution in [1.82, 2.24) is 4.57 Å². The van der Waals surface area contributed by atoms with Crippen LogP contribution in [0.5, 0.6) is 0 Å². The first-order valence-electron chi connectivity index (χ1n) is 10.0. The summed E-state index contributed by atoms with van der Waals surface area (Å²) in [6.07, 6.45) is 6.07. The summed E-state index contributed by atoms with van der Waals surface area (Å²) in [5, 5.41) is 0. The second kappa shape index (κ2) is 9.09. The Balaban J connectivity index is 0.000000221. The highest BCUT2D eigenvalue weighted by molar-refractivity contribution is 6.61. The van der Waals surface area contributed by atoms with Crippen LogP contribution in [0.4, 0.5) is 0 Å². The molecule has 0 saturated carbocycles. The topological polar surface area (TPSA) is 79.9 Å². The van der Waals surface area contributed by atoms with Crippen molar-refractivity contribution in [3.05, 3.63) is 18.7 Å². The van der Waals surface area contributed by atoms with Gasteiger partial charge in [-0.15, -0.1) is 0 Å². The molecule has 1 spiro atoms. The van der Waals surface area contributed by atoms with Gasteiger partial charge in [0.1, 0.15) is 24.6 Å². The lowest BCUT2D eigenvalue weighted by atomic mass is 10.0. The lowest BCUT2D eigenvalue weighted by molar-refractivity contribution is -0.671. The third kappa shape index (κ3) is 5.35. The summed E-state index contributed by atoms with van der Waals surface area (Å²) in [7, 11) is 2.05. The molecule has 0 amide bonds. The van der Waals surface area contributed by atoms with Crippen molar-refractivity contribution in [2.24, 2.45) is 24.8 Å². The van der Waals surface area contributed by atoms with Gasteiger partial charge in [0, 0.05) is 0 Å². The van der Waals surface area contributed by atoms with E-state index in [1.54, 1.807) is 0 Å². The molecule has 8 nitrogen and oxygen atoms in total. The van der Waals surface area contributed by atoms with E-state index in [0.29, 0.717) is 0 Å². The van der Waals surface area contributed by atoms with E-state index in [-0.39, 0.29) is 11.8 Å². The highest BCUT2D eigenvalue weighted by Crippen LogP contribution is 2.34. The Bertz CT molecular complexity index is 656. The highest BCUT2D eigenvalue weighted by atomic mass is 16.9. The van der Waals surface area contributed by atoms with E-state index >= 15 is 0 Å². The van der Waals surface area contributed by atoms with Gasteiger partial charge in [0.25, 0.3) is 11.9 Å². The van der Waals surface area contributed by atoms with Crippen LogP contribution in [0.3, 0.4) is 0 Å². The fraction of sp³-hybridized carbons (Fsp3) is 0.737. The molecular formula is C19H33BN2O6. The lowest BCUT2D eigenvalue weighted by Crippen LogP contribution is -2.41. The molecule has 2 aliphatic rings. The Morgan fingerprint density at radius 1 is 1.04 bits per heavy atom. The van der Waals surface area contributed by atoms with E-state index in [4.69, 9.17) is 18.6 Å². The van der Waals surface area contributed by atoms with Crippen LogP contribution in [0, 0.1) is 17.8 Å². The maximum Gasteiger partial charge on any atom is 0.657 e. The average molecular weight is 396 g/mol. The van der Waals surface area contributed by atoms with Crippen molar-refractivity contribution in [3.63, 3.8) is 0 Å². The van der Waals surface area contributed by atoms with Crippen LogP contribution in [-0.4, -0.2) is 35.7 Å². The van der Waals surface area contributed by atoms with Gasteiger partial charge in [-0.25, -0.2) is 9.13 Å². The molecule has 2 saturated heterocycles. The zero-order valence-electron chi connectivity index (χ0n) is 18.0. The van der Waals surface area contributed by atoms with Gasteiger partial charge in [-0.05, 0) is 24.2 Å². The van der Waals surface area contributed by atoms with Crippen molar-refractivity contribution in [2.45, 2.75) is 66.7 Å². The van der Waals surface area contributed by atoms with Gasteiger partial charge in [-0.1, -0.05) is 41.5 Å². The van der Waals surface area contributed by atoms with Crippen LogP contribution in [0.15, 0.2) is 18.7 Å². The number of aromatic nitrogens is 2. The number of carbonyl (C=O) groups excluding carboxylic acids is 2. The summed E-state index contributed by atoms with van der Waals surface area (Å²) in [5.41, 5.74) is 0. The van der Waals surface area contributed by atoms with Crippen LogP contribution in [0.1, 0.15) is 48.0 Å². The van der Waals surface area contributed by atoms with Crippen molar-refractivity contribution >= 4 is 18.9 Å². The molecule has 2 fully saturated rings. The molecule has 3 atom stereocenters. The summed E-state index contributed by atoms with van der Waals surface area (Å²) < 4.78 is 25.0. The molecule has 1 aromatic heterocycles. The Morgan fingerprint density at radius 2 is 1.54 bits per heavy atom. The third-order valence-corrected chi connectivity index (χ3v) is 4.87. The minimum absolute atomic E-state index is 0.0656. The Labute approximate surface area is 167 Å². The normalized spacial score (nSPS) is 24.3. The SMILES string of the molecule is CC(C)[C@@H]1O[B-]2(OC1=O)OC(=O)[C@H](C(C)C)O2.CC[C@H](C)Cn1cc[n+](C)c1. The van der Waals surface area contributed by atoms with E-state index in [9.17, 15) is 9.59 Å². The van der Waals surface area contributed by atoms with E-state index < -0.39 is 31.1 Å². The fourth-order valence-corrected chi connectivity index (χ4v) is 3.01. The van der Waals surface area contributed by atoms with Crippen LogP contribution in [0.2, 0.25) is 0 Å². The molecule has 0 unspecified atom stereocenters. The predicted molar refractivity (Wildman–Crippen MR) is 102 cm³/mol. The minimum atomic E-state index is -2.67. The maximum absolute atomic E-state index is 11.6. The third-order valence-electron chi connectivity index (χ3n) is 4.87. The number of carbonyl (C=O) groups is 2. The molecule has 0 radical (unpaired) electrons. The molecule has 0 aromatic carbocycles. The quantitative estimate of drug-likeness (QED) is 0.559. The molecular weight excluding hydrogens is 363 g/mol. The Morgan fingerprint density at radius 3 is 1.86 bits per heavy atom. The van der Waals surface area contributed by atoms with Gasteiger partial charge in [-0.3, -0.25) is 9.59 Å². The van der Waals surface area contributed by atoms with Crippen LogP contribution >= 0.6 is 0 Å². The van der Waals surface area contributed by atoms with E-state index in [1.807, 2.05) is 34.7 Å². The molecule has 3 rings (SSSR count). The number of nitrogens with zero attached hydrogens (tertiary/aromatic N) is 2. The molecule has 1 aromatic rings. The molecule has 9 heteroatoms. The number of imidazole rings is 1. The standard InChI is InChI=1S/C10H16BO6.C9H17N2/c1-5(2)7-9(12)16-11(14-7)15-8(6(3)4)10(13)17-11;1-4-9(2)7-11-6-5-10(3)8-11/h5-8H,1-4H3;5-6,8-9H,4,7H2,1-3H3/q-1;+1/t7-,8-,11?;9-/m00/s1. The van der Waals surface area contributed by atoms with E-state index in [1.165, 1.54) is 6.42 Å². The van der Waals surface area contributed by atoms with Crippen molar-refractivity contribution < 1.29 is 32.8 Å². The molecule has 0 aliphatic carbocycles. The first-order valence-corrected chi connectivity index (χ1v) is 10.0. The second-order valence-electron chi connectivity index (χ2n) is 8.34. The first kappa shape index (κ1) is 22.4. The van der Waals surface area contributed by atoms with Crippen LogP contribution < -0.4 is 4.57 Å².